The summed E-state index contributed by atoms with van der Waals surface area (Å²) in [7, 11) is -3.63. The third-order valence-electron chi connectivity index (χ3n) is 1.37. The van der Waals surface area contributed by atoms with Crippen LogP contribution in [0.3, 0.4) is 0 Å². The van der Waals surface area contributed by atoms with Crippen molar-refractivity contribution < 1.29 is 44.4 Å². The average Bonchev–Trinajstić information content (AvgIpc) is 2.26. The molecule has 19 heavy (non-hydrogen) atoms. The van der Waals surface area contributed by atoms with Crippen molar-refractivity contribution in [2.45, 2.75) is 13.8 Å². The Labute approximate surface area is 121 Å². The molecule has 0 bridgehead atoms. The van der Waals surface area contributed by atoms with Gasteiger partial charge in [0.15, 0.2) is 0 Å². The van der Waals surface area contributed by atoms with Gasteiger partial charge in [0.25, 0.3) is 0 Å². The summed E-state index contributed by atoms with van der Waals surface area (Å²) in [6, 6.07) is 0. The van der Waals surface area contributed by atoms with Gasteiger partial charge in [0, 0.05) is 11.9 Å². The maximum absolute atomic E-state index is 9.77. The number of carboxylic acids is 2. The number of carbonyl (C=O) groups is 2. The molecule has 0 radical (unpaired) electrons. The Hall–Kier alpha value is -0.458. The summed E-state index contributed by atoms with van der Waals surface area (Å²) in [5, 5.41) is 33.9. The van der Waals surface area contributed by atoms with E-state index in [4.69, 9.17) is 29.7 Å². The Morgan fingerprint density at radius 1 is 1.11 bits per heavy atom. The third kappa shape index (κ3) is 31.8. The predicted molar refractivity (Wildman–Crippen MR) is 59.9 cm³/mol. The number of rotatable bonds is 4. The summed E-state index contributed by atoms with van der Waals surface area (Å²) >= 11 is 0. The van der Waals surface area contributed by atoms with Gasteiger partial charge < -0.3 is 39.6 Å². The molecule has 110 valence electrons. The van der Waals surface area contributed by atoms with Crippen LogP contribution in [0.5, 0.6) is 0 Å². The van der Waals surface area contributed by atoms with Gasteiger partial charge in [-0.3, -0.25) is 4.79 Å². The quantitative estimate of drug-likeness (QED) is 0.342. The third-order valence-corrected chi connectivity index (χ3v) is 1.37. The van der Waals surface area contributed by atoms with Gasteiger partial charge in [0.2, 0.25) is 0 Å². The van der Waals surface area contributed by atoms with Crippen molar-refractivity contribution in [3.63, 3.8) is 0 Å². The van der Waals surface area contributed by atoms with Gasteiger partial charge in [-0.05, 0) is 6.92 Å². The van der Waals surface area contributed by atoms with Crippen LogP contribution in [0.1, 0.15) is 13.8 Å². The van der Waals surface area contributed by atoms with Gasteiger partial charge >= 0.3 is 23.3 Å². The van der Waals surface area contributed by atoms with Crippen molar-refractivity contribution >= 4 is 37.6 Å². The van der Waals surface area contributed by atoms with Crippen LogP contribution in [0, 0.1) is 11.8 Å². The van der Waals surface area contributed by atoms with Crippen LogP contribution in [-0.2, 0) is 14.2 Å². The normalized spacial score (nSPS) is 11.7. The van der Waals surface area contributed by atoms with E-state index < -0.39 is 32.0 Å². The molecular weight excluding hydrogens is 298 g/mol. The molecule has 3 N–H and O–H groups in total. The van der Waals surface area contributed by atoms with Gasteiger partial charge in [0.1, 0.15) is 0 Å². The standard InChI is InChI=1S/2C4H8O3.Al.H3O3P/c2*1-3(2-5)4(6)7;;1-4(2)3/h2*3,5H,2H2,1H3,(H,6,7);;4H,(H2,1,2,3)/q;;+3;/p-3. The number of carbonyl (C=O) groups excluding carboxylic acids is 1. The topological polar surface area (TPSA) is 181 Å². The van der Waals surface area contributed by atoms with E-state index in [9.17, 15) is 14.7 Å². The molecule has 0 saturated carbocycles. The Morgan fingerprint density at radius 3 is 1.37 bits per heavy atom. The molecule has 0 aliphatic heterocycles. The molecule has 2 atom stereocenters. The molecule has 0 aromatic heterocycles. The second-order valence-corrected chi connectivity index (χ2v) is 3.57. The van der Waals surface area contributed by atoms with Crippen molar-refractivity contribution in [2.24, 2.45) is 11.8 Å². The molecule has 0 rings (SSSR count). The van der Waals surface area contributed by atoms with Crippen LogP contribution in [0.15, 0.2) is 0 Å². The van der Waals surface area contributed by atoms with Gasteiger partial charge in [-0.2, -0.15) is 0 Å². The molecule has 0 aliphatic carbocycles. The van der Waals surface area contributed by atoms with Gasteiger partial charge in [-0.15, -0.1) is 0 Å². The number of hydrogen-bond acceptors (Lipinski definition) is 8. The predicted octanol–water partition coefficient (Wildman–Crippen LogP) is -4.22. The fraction of sp³-hybridized carbons (Fsp3) is 0.750. The maximum Gasteiger partial charge on any atom is 3.00 e. The van der Waals surface area contributed by atoms with E-state index in [1.54, 1.807) is 0 Å². The SMILES string of the molecule is CC(CO)C(=O)O.CC(CO)C(=O)[O-].O=[PH]([O-])[O-].[Al+3]. The summed E-state index contributed by atoms with van der Waals surface area (Å²) in [6.45, 7) is 2.20. The van der Waals surface area contributed by atoms with Crippen molar-refractivity contribution in [1.82, 2.24) is 0 Å². The fourth-order valence-corrected chi connectivity index (χ4v) is 0.153. The molecule has 9 nitrogen and oxygen atoms in total. The Balaban J connectivity index is -0.0000000900. The van der Waals surface area contributed by atoms with Crippen LogP contribution in [0.2, 0.25) is 0 Å². The summed E-state index contributed by atoms with van der Waals surface area (Å²) in [5.41, 5.74) is 0. The van der Waals surface area contributed by atoms with E-state index in [-0.39, 0.29) is 30.6 Å². The maximum atomic E-state index is 9.77. The van der Waals surface area contributed by atoms with Gasteiger partial charge in [-0.1, -0.05) is 15.2 Å². The molecule has 0 spiro atoms. The minimum Gasteiger partial charge on any atom is -0.813 e. The van der Waals surface area contributed by atoms with E-state index in [1.807, 2.05) is 0 Å². The Kier molecular flexibility index (Phi) is 24.9. The summed E-state index contributed by atoms with van der Waals surface area (Å²) in [4.78, 5) is 36.5. The first-order valence-electron chi connectivity index (χ1n) is 4.63. The van der Waals surface area contributed by atoms with Crippen molar-refractivity contribution in [2.75, 3.05) is 13.2 Å². The number of aliphatic hydroxyl groups is 2. The first-order valence-corrected chi connectivity index (χ1v) is 5.85. The molecule has 0 saturated heterocycles. The molecule has 0 amide bonds. The molecule has 0 aliphatic rings. The van der Waals surface area contributed by atoms with Crippen molar-refractivity contribution in [3.05, 3.63) is 0 Å². The molecule has 0 heterocycles. The van der Waals surface area contributed by atoms with E-state index in [0.717, 1.165) is 0 Å². The molecule has 0 aromatic rings. The second-order valence-electron chi connectivity index (χ2n) is 3.07. The van der Waals surface area contributed by atoms with Crippen LogP contribution < -0.4 is 14.9 Å². The van der Waals surface area contributed by atoms with Crippen LogP contribution >= 0.6 is 8.25 Å². The number of hydrogen-bond donors (Lipinski definition) is 3. The summed E-state index contributed by atoms with van der Waals surface area (Å²) in [5.74, 6) is -3.52. The zero-order valence-electron chi connectivity index (χ0n) is 10.4. The first kappa shape index (κ1) is 27.0. The monoisotopic (exact) mass is 314 g/mol. The number of carboxylic acid groups (broad SMARTS) is 2. The Bertz CT molecular complexity index is 237. The zero-order valence-corrected chi connectivity index (χ0v) is 12.6. The van der Waals surface area contributed by atoms with Crippen LogP contribution in [-0.4, -0.2) is 57.8 Å². The molecule has 11 heteroatoms. The largest absolute Gasteiger partial charge is 3.00 e. The zero-order chi connectivity index (χ0) is 15.3. The van der Waals surface area contributed by atoms with E-state index >= 15 is 0 Å². The first-order chi connectivity index (χ1) is 8.09. The summed E-state index contributed by atoms with van der Waals surface area (Å²) in [6.07, 6.45) is 0. The van der Waals surface area contributed by atoms with Crippen molar-refractivity contribution in [3.8, 4) is 0 Å². The van der Waals surface area contributed by atoms with E-state index in [2.05, 4.69) is 0 Å². The average molecular weight is 314 g/mol. The summed E-state index contributed by atoms with van der Waals surface area (Å²) < 4.78 is 8.52. The molecule has 2 unspecified atom stereocenters. The van der Waals surface area contributed by atoms with E-state index in [0.29, 0.717) is 0 Å². The van der Waals surface area contributed by atoms with Gasteiger partial charge in [-0.25, -0.2) is 0 Å². The van der Waals surface area contributed by atoms with E-state index in [1.165, 1.54) is 13.8 Å². The molecule has 0 fully saturated rings. The fourth-order valence-electron chi connectivity index (χ4n) is 0.153. The van der Waals surface area contributed by atoms with Gasteiger partial charge in [0.05, 0.1) is 19.1 Å². The van der Waals surface area contributed by atoms with Crippen LogP contribution in [0.25, 0.3) is 0 Å². The number of aliphatic carboxylic acids is 2. The second kappa shape index (κ2) is 17.5. The Morgan fingerprint density at radius 2 is 1.37 bits per heavy atom. The molecular formula is C8H16AlO9P. The minimum atomic E-state index is -3.63. The smallest absolute Gasteiger partial charge is 0.813 e. The van der Waals surface area contributed by atoms with Crippen LogP contribution in [0.4, 0.5) is 0 Å². The van der Waals surface area contributed by atoms with Crippen molar-refractivity contribution in [1.29, 1.82) is 0 Å². The number of aliphatic hydroxyl groups excluding tert-OH is 2. The molecule has 0 aromatic carbocycles. The minimum absolute atomic E-state index is 0.